The predicted octanol–water partition coefficient (Wildman–Crippen LogP) is 2.57. The number of thiocarbonyl (C=S) groups is 1. The van der Waals surface area contributed by atoms with E-state index in [4.69, 9.17) is 17.0 Å². The van der Waals surface area contributed by atoms with Gasteiger partial charge < -0.3 is 15.4 Å². The SMILES string of the molecule is COc1ccc(NC(=S)NC2CC3CCC2C3)cn1. The molecule has 4 nitrogen and oxygen atoms in total. The van der Waals surface area contributed by atoms with Crippen LogP contribution >= 0.6 is 12.2 Å². The second-order valence-corrected chi connectivity index (χ2v) is 5.88. The van der Waals surface area contributed by atoms with Crippen LogP contribution in [0, 0.1) is 11.8 Å². The fourth-order valence-corrected chi connectivity index (χ4v) is 3.60. The van der Waals surface area contributed by atoms with Crippen LogP contribution in [0.2, 0.25) is 0 Å². The van der Waals surface area contributed by atoms with E-state index in [9.17, 15) is 0 Å². The highest BCUT2D eigenvalue weighted by atomic mass is 32.1. The van der Waals surface area contributed by atoms with Crippen molar-refractivity contribution in [3.05, 3.63) is 18.3 Å². The molecule has 2 fully saturated rings. The van der Waals surface area contributed by atoms with Crippen molar-refractivity contribution in [3.8, 4) is 5.88 Å². The van der Waals surface area contributed by atoms with Crippen molar-refractivity contribution in [1.82, 2.24) is 10.3 Å². The van der Waals surface area contributed by atoms with Crippen molar-refractivity contribution >= 4 is 23.0 Å². The van der Waals surface area contributed by atoms with Gasteiger partial charge in [0.1, 0.15) is 0 Å². The van der Waals surface area contributed by atoms with Crippen molar-refractivity contribution < 1.29 is 4.74 Å². The molecule has 1 aromatic rings. The van der Waals surface area contributed by atoms with E-state index >= 15 is 0 Å². The molecule has 2 bridgehead atoms. The van der Waals surface area contributed by atoms with Gasteiger partial charge in [-0.05, 0) is 49.4 Å². The summed E-state index contributed by atoms with van der Waals surface area (Å²) in [6, 6.07) is 4.30. The normalized spacial score (nSPS) is 28.2. The van der Waals surface area contributed by atoms with Crippen LogP contribution in [0.1, 0.15) is 25.7 Å². The predicted molar refractivity (Wildman–Crippen MR) is 79.4 cm³/mol. The van der Waals surface area contributed by atoms with Crippen LogP contribution in [-0.4, -0.2) is 23.2 Å². The zero-order valence-corrected chi connectivity index (χ0v) is 11.9. The average Bonchev–Trinajstić information content (AvgIpc) is 3.02. The summed E-state index contributed by atoms with van der Waals surface area (Å²) in [4.78, 5) is 4.15. The van der Waals surface area contributed by atoms with Crippen molar-refractivity contribution in [2.75, 3.05) is 12.4 Å². The molecule has 0 saturated heterocycles. The molecule has 0 aromatic carbocycles. The van der Waals surface area contributed by atoms with E-state index in [1.165, 1.54) is 25.7 Å². The molecule has 3 rings (SSSR count). The molecule has 0 spiro atoms. The minimum absolute atomic E-state index is 0.560. The van der Waals surface area contributed by atoms with Gasteiger partial charge in [0.15, 0.2) is 5.11 Å². The monoisotopic (exact) mass is 277 g/mol. The van der Waals surface area contributed by atoms with E-state index in [1.54, 1.807) is 13.3 Å². The molecular formula is C14H19N3OS. The van der Waals surface area contributed by atoms with Crippen LogP contribution in [0.15, 0.2) is 18.3 Å². The molecule has 2 saturated carbocycles. The Morgan fingerprint density at radius 3 is 2.84 bits per heavy atom. The van der Waals surface area contributed by atoms with Gasteiger partial charge >= 0.3 is 0 Å². The summed E-state index contributed by atoms with van der Waals surface area (Å²) in [5, 5.41) is 7.33. The maximum Gasteiger partial charge on any atom is 0.213 e. The Hall–Kier alpha value is -1.36. The summed E-state index contributed by atoms with van der Waals surface area (Å²) in [5.41, 5.74) is 0.890. The molecule has 2 N–H and O–H groups in total. The summed E-state index contributed by atoms with van der Waals surface area (Å²) in [7, 11) is 1.61. The molecule has 1 heterocycles. The van der Waals surface area contributed by atoms with Crippen molar-refractivity contribution in [3.63, 3.8) is 0 Å². The fourth-order valence-electron chi connectivity index (χ4n) is 3.33. The largest absolute Gasteiger partial charge is 0.481 e. The number of fused-ring (bicyclic) bond motifs is 2. The number of aromatic nitrogens is 1. The topological polar surface area (TPSA) is 46.2 Å². The van der Waals surface area contributed by atoms with Gasteiger partial charge in [-0.2, -0.15) is 0 Å². The quantitative estimate of drug-likeness (QED) is 0.832. The third-order valence-corrected chi connectivity index (χ3v) is 4.48. The Kier molecular flexibility index (Phi) is 3.55. The molecule has 0 amide bonds. The molecule has 1 aromatic heterocycles. The summed E-state index contributed by atoms with van der Waals surface area (Å²) >= 11 is 5.37. The zero-order valence-electron chi connectivity index (χ0n) is 11.1. The molecular weight excluding hydrogens is 258 g/mol. The van der Waals surface area contributed by atoms with Crippen LogP contribution in [0.3, 0.4) is 0 Å². The number of rotatable bonds is 3. The number of hydrogen-bond donors (Lipinski definition) is 2. The molecule has 3 atom stereocenters. The Bertz CT molecular complexity index is 462. The highest BCUT2D eigenvalue weighted by Crippen LogP contribution is 2.44. The van der Waals surface area contributed by atoms with Crippen LogP contribution < -0.4 is 15.4 Å². The molecule has 0 aliphatic heterocycles. The molecule has 19 heavy (non-hydrogen) atoms. The number of methoxy groups -OCH3 is 1. The van der Waals surface area contributed by atoms with Gasteiger partial charge in [0, 0.05) is 12.1 Å². The van der Waals surface area contributed by atoms with Crippen LogP contribution in [0.25, 0.3) is 0 Å². The van der Waals surface area contributed by atoms with Crippen molar-refractivity contribution in [2.24, 2.45) is 11.8 Å². The van der Waals surface area contributed by atoms with E-state index in [0.717, 1.165) is 17.5 Å². The molecule has 0 radical (unpaired) electrons. The highest BCUT2D eigenvalue weighted by Gasteiger charge is 2.39. The van der Waals surface area contributed by atoms with Gasteiger partial charge in [-0.3, -0.25) is 0 Å². The Morgan fingerprint density at radius 2 is 2.26 bits per heavy atom. The van der Waals surface area contributed by atoms with Gasteiger partial charge in [0.25, 0.3) is 0 Å². The number of hydrogen-bond acceptors (Lipinski definition) is 3. The van der Waals surface area contributed by atoms with E-state index < -0.39 is 0 Å². The van der Waals surface area contributed by atoms with E-state index in [0.29, 0.717) is 17.0 Å². The van der Waals surface area contributed by atoms with Crippen molar-refractivity contribution in [2.45, 2.75) is 31.7 Å². The van der Waals surface area contributed by atoms with E-state index in [1.807, 2.05) is 12.1 Å². The third kappa shape index (κ3) is 2.81. The molecule has 5 heteroatoms. The molecule has 102 valence electrons. The smallest absolute Gasteiger partial charge is 0.213 e. The van der Waals surface area contributed by atoms with Gasteiger partial charge in [0.05, 0.1) is 19.0 Å². The zero-order chi connectivity index (χ0) is 13.2. The minimum atomic E-state index is 0.560. The summed E-state index contributed by atoms with van der Waals surface area (Å²) < 4.78 is 5.03. The number of anilines is 1. The second kappa shape index (κ2) is 5.33. The Labute approximate surface area is 118 Å². The summed E-state index contributed by atoms with van der Waals surface area (Å²) in [6.45, 7) is 0. The van der Waals surface area contributed by atoms with Gasteiger partial charge in [-0.25, -0.2) is 4.98 Å². The first-order valence-electron chi connectivity index (χ1n) is 6.82. The van der Waals surface area contributed by atoms with Crippen LogP contribution in [-0.2, 0) is 0 Å². The first-order chi connectivity index (χ1) is 9.24. The standard InChI is InChI=1S/C14H19N3OS/c1-18-13-5-4-11(8-15-13)16-14(19)17-12-7-9-2-3-10(12)6-9/h4-5,8-10,12H,2-3,6-7H2,1H3,(H2,16,17,19). The third-order valence-electron chi connectivity index (χ3n) is 4.26. The van der Waals surface area contributed by atoms with Crippen LogP contribution in [0.5, 0.6) is 5.88 Å². The number of ether oxygens (including phenoxy) is 1. The highest BCUT2D eigenvalue weighted by molar-refractivity contribution is 7.80. The Balaban J connectivity index is 1.53. The molecule has 3 unspecified atom stereocenters. The lowest BCUT2D eigenvalue weighted by atomic mass is 9.96. The van der Waals surface area contributed by atoms with Gasteiger partial charge in [-0.15, -0.1) is 0 Å². The van der Waals surface area contributed by atoms with E-state index in [2.05, 4.69) is 15.6 Å². The lowest BCUT2D eigenvalue weighted by molar-refractivity contribution is 0.391. The molecule has 2 aliphatic carbocycles. The first kappa shape index (κ1) is 12.7. The molecule has 2 aliphatic rings. The number of pyridine rings is 1. The maximum absolute atomic E-state index is 5.37. The summed E-state index contributed by atoms with van der Waals surface area (Å²) in [6.07, 6.45) is 7.14. The maximum atomic E-state index is 5.37. The summed E-state index contributed by atoms with van der Waals surface area (Å²) in [5.74, 6) is 2.35. The van der Waals surface area contributed by atoms with Gasteiger partial charge in [0.2, 0.25) is 5.88 Å². The van der Waals surface area contributed by atoms with E-state index in [-0.39, 0.29) is 0 Å². The van der Waals surface area contributed by atoms with Crippen molar-refractivity contribution in [1.29, 1.82) is 0 Å². The number of nitrogens with zero attached hydrogens (tertiary/aromatic N) is 1. The number of nitrogens with one attached hydrogen (secondary N) is 2. The fraction of sp³-hybridized carbons (Fsp3) is 0.571. The minimum Gasteiger partial charge on any atom is -0.481 e. The second-order valence-electron chi connectivity index (χ2n) is 5.47. The lowest BCUT2D eigenvalue weighted by Gasteiger charge is -2.24. The first-order valence-corrected chi connectivity index (χ1v) is 7.23. The average molecular weight is 277 g/mol. The van der Waals surface area contributed by atoms with Crippen LogP contribution in [0.4, 0.5) is 5.69 Å². The lowest BCUT2D eigenvalue weighted by Crippen LogP contribution is -2.40. The Morgan fingerprint density at radius 1 is 1.37 bits per heavy atom. The van der Waals surface area contributed by atoms with Gasteiger partial charge in [-0.1, -0.05) is 6.42 Å².